The minimum Gasteiger partial charge on any atom is -0.477 e. The van der Waals surface area contributed by atoms with Crippen LogP contribution in [-0.2, 0) is 25.7 Å². The quantitative estimate of drug-likeness (QED) is 0.123. The number of carbonyl (C=O) groups excluding carboxylic acids is 2. The van der Waals surface area contributed by atoms with Crippen molar-refractivity contribution in [1.29, 1.82) is 0 Å². The number of β-lactam (4-membered cyclic amide) rings is 1. The summed E-state index contributed by atoms with van der Waals surface area (Å²) >= 11 is 6.23. The summed E-state index contributed by atoms with van der Waals surface area (Å²) in [6.07, 6.45) is -1.56. The van der Waals surface area contributed by atoms with Gasteiger partial charge in [-0.15, -0.1) is 0 Å². The Balaban J connectivity index is 1.94. The zero-order chi connectivity index (χ0) is 22.6. The molecule has 1 fully saturated rings. The van der Waals surface area contributed by atoms with Crippen LogP contribution in [0.1, 0.15) is 32.8 Å². The van der Waals surface area contributed by atoms with E-state index < -0.39 is 40.5 Å². The van der Waals surface area contributed by atoms with E-state index in [4.69, 9.17) is 21.1 Å². The molecule has 162 valence electrons. The first kappa shape index (κ1) is 23.1. The highest BCUT2D eigenvalue weighted by molar-refractivity contribution is 6.26. The number of halogens is 1. The van der Waals surface area contributed by atoms with Crippen LogP contribution in [-0.4, -0.2) is 44.6 Å². The number of nitro groups is 1. The van der Waals surface area contributed by atoms with E-state index in [0.717, 1.165) is 4.90 Å². The zero-order valence-corrected chi connectivity index (χ0v) is 17.3. The number of hydrogen-bond donors (Lipinski definition) is 1. The van der Waals surface area contributed by atoms with Gasteiger partial charge in [-0.1, -0.05) is 18.5 Å². The molecule has 0 aromatic heterocycles. The van der Waals surface area contributed by atoms with Crippen LogP contribution in [0.5, 0.6) is 0 Å². The smallest absolute Gasteiger partial charge is 0.477 e. The number of nitrogens with zero attached hydrogens (tertiary/aromatic N) is 2. The molecule has 0 saturated carbocycles. The van der Waals surface area contributed by atoms with Crippen LogP contribution in [0.15, 0.2) is 35.5 Å². The van der Waals surface area contributed by atoms with E-state index >= 15 is 0 Å². The highest BCUT2D eigenvalue weighted by Gasteiger charge is 2.53. The van der Waals surface area contributed by atoms with Gasteiger partial charge in [0.25, 0.3) is 5.69 Å². The summed E-state index contributed by atoms with van der Waals surface area (Å²) in [5.41, 5.74) is -0.243. The molecule has 0 aliphatic carbocycles. The molecule has 0 bridgehead atoms. The van der Waals surface area contributed by atoms with Crippen LogP contribution in [0.25, 0.3) is 0 Å². The van der Waals surface area contributed by atoms with Crippen LogP contribution < -0.4 is 0 Å². The Kier molecular flexibility index (Phi) is 7.38. The number of carbonyl (C=O) groups is 3. The van der Waals surface area contributed by atoms with E-state index in [1.54, 1.807) is 13.8 Å². The molecular weight excluding hydrogens is 420 g/mol. The minimum atomic E-state index is -1.26. The SMILES string of the molecule is CCC(C)=C(C(=O)O)N1C(=O)[C@H]([C@H](C)OC(=O)OCc2ccc([N+](=O)[O-])cc2)[C@@H]1Cl. The zero-order valence-electron chi connectivity index (χ0n) is 16.5. The third-order valence-electron chi connectivity index (χ3n) is 4.74. The molecule has 30 heavy (non-hydrogen) atoms. The molecular formula is C19H21ClN2O8. The fraction of sp³-hybridized carbons (Fsp3) is 0.421. The van der Waals surface area contributed by atoms with E-state index in [0.29, 0.717) is 17.6 Å². The average molecular weight is 441 g/mol. The maximum atomic E-state index is 12.5. The van der Waals surface area contributed by atoms with Crippen molar-refractivity contribution in [3.63, 3.8) is 0 Å². The van der Waals surface area contributed by atoms with Gasteiger partial charge < -0.3 is 14.6 Å². The second-order valence-electron chi connectivity index (χ2n) is 6.68. The van der Waals surface area contributed by atoms with Crippen LogP contribution >= 0.6 is 11.6 Å². The number of carboxylic acid groups (broad SMARTS) is 1. The molecule has 2 rings (SSSR count). The molecule has 1 amide bonds. The van der Waals surface area contributed by atoms with Crippen molar-refractivity contribution < 1.29 is 33.9 Å². The van der Waals surface area contributed by atoms with Crippen LogP contribution in [0, 0.1) is 16.0 Å². The summed E-state index contributed by atoms with van der Waals surface area (Å²) in [7, 11) is 0. The number of non-ortho nitro benzene ring substituents is 1. The lowest BCUT2D eigenvalue weighted by Crippen LogP contribution is -2.62. The molecule has 1 aromatic rings. The Bertz CT molecular complexity index is 883. The van der Waals surface area contributed by atoms with Gasteiger partial charge in [-0.05, 0) is 43.5 Å². The van der Waals surface area contributed by atoms with Gasteiger partial charge in [0.2, 0.25) is 5.91 Å². The Morgan fingerprint density at radius 2 is 1.93 bits per heavy atom. The molecule has 1 heterocycles. The Morgan fingerprint density at radius 1 is 1.33 bits per heavy atom. The van der Waals surface area contributed by atoms with E-state index in [9.17, 15) is 29.6 Å². The first-order chi connectivity index (χ1) is 14.1. The first-order valence-electron chi connectivity index (χ1n) is 9.05. The van der Waals surface area contributed by atoms with Gasteiger partial charge in [0.15, 0.2) is 0 Å². The highest BCUT2D eigenvalue weighted by atomic mass is 35.5. The minimum absolute atomic E-state index is 0.0933. The van der Waals surface area contributed by atoms with Gasteiger partial charge in [-0.3, -0.25) is 19.8 Å². The highest BCUT2D eigenvalue weighted by Crippen LogP contribution is 2.38. The van der Waals surface area contributed by atoms with Crippen molar-refractivity contribution >= 4 is 35.3 Å². The number of benzene rings is 1. The lowest BCUT2D eigenvalue weighted by molar-refractivity contribution is -0.384. The summed E-state index contributed by atoms with van der Waals surface area (Å²) in [6, 6.07) is 5.43. The van der Waals surface area contributed by atoms with Gasteiger partial charge >= 0.3 is 12.1 Å². The van der Waals surface area contributed by atoms with Crippen molar-refractivity contribution in [3.05, 3.63) is 51.2 Å². The molecule has 0 radical (unpaired) electrons. The Hall–Kier alpha value is -3.14. The van der Waals surface area contributed by atoms with Gasteiger partial charge in [0.05, 0.1) is 4.92 Å². The number of ether oxygens (including phenoxy) is 2. The summed E-state index contributed by atoms with van der Waals surface area (Å²) in [4.78, 5) is 47.0. The summed E-state index contributed by atoms with van der Waals surface area (Å²) < 4.78 is 10.0. The summed E-state index contributed by atoms with van der Waals surface area (Å²) in [6.45, 7) is 4.64. The molecule has 11 heteroatoms. The number of allylic oxidation sites excluding steroid dienone is 1. The molecule has 0 spiro atoms. The van der Waals surface area contributed by atoms with E-state index in [2.05, 4.69) is 0 Å². The van der Waals surface area contributed by atoms with Gasteiger partial charge in [0.1, 0.15) is 29.8 Å². The lowest BCUT2D eigenvalue weighted by Gasteiger charge is -2.45. The van der Waals surface area contributed by atoms with Crippen LogP contribution in [0.4, 0.5) is 10.5 Å². The number of aliphatic carboxylic acids is 1. The topological polar surface area (TPSA) is 136 Å². The predicted octanol–water partition coefficient (Wildman–Crippen LogP) is 3.43. The fourth-order valence-corrected chi connectivity index (χ4v) is 3.42. The largest absolute Gasteiger partial charge is 0.508 e. The monoisotopic (exact) mass is 440 g/mol. The van der Waals surface area contributed by atoms with E-state index in [-0.39, 0.29) is 18.0 Å². The van der Waals surface area contributed by atoms with Crippen molar-refractivity contribution in [2.75, 3.05) is 0 Å². The maximum absolute atomic E-state index is 12.5. The van der Waals surface area contributed by atoms with Gasteiger partial charge in [-0.25, -0.2) is 9.59 Å². The number of alkyl halides is 1. The summed E-state index contributed by atoms with van der Waals surface area (Å²) in [5, 5.41) is 20.0. The maximum Gasteiger partial charge on any atom is 0.508 e. The standard InChI is InChI=1S/C19H21ClN2O8/c1-4-10(2)15(18(24)25)21-16(20)14(17(21)23)11(3)30-19(26)29-9-12-5-7-13(8-6-12)22(27)28/h5-8,11,14,16H,4,9H2,1-3H3,(H,24,25)/t11-,14+,16+/m0/s1. The van der Waals surface area contributed by atoms with Gasteiger partial charge in [-0.2, -0.15) is 0 Å². The lowest BCUT2D eigenvalue weighted by atomic mass is 9.91. The molecule has 10 nitrogen and oxygen atoms in total. The third kappa shape index (κ3) is 4.88. The van der Waals surface area contributed by atoms with Crippen molar-refractivity contribution in [2.45, 2.75) is 45.4 Å². The van der Waals surface area contributed by atoms with Crippen molar-refractivity contribution in [1.82, 2.24) is 4.90 Å². The first-order valence-corrected chi connectivity index (χ1v) is 9.49. The van der Waals surface area contributed by atoms with Crippen LogP contribution in [0.2, 0.25) is 0 Å². The predicted molar refractivity (Wildman–Crippen MR) is 104 cm³/mol. The number of hydrogen-bond acceptors (Lipinski definition) is 7. The fourth-order valence-electron chi connectivity index (χ4n) is 2.91. The van der Waals surface area contributed by atoms with Crippen LogP contribution in [0.3, 0.4) is 0 Å². The third-order valence-corrected chi connectivity index (χ3v) is 5.20. The summed E-state index contributed by atoms with van der Waals surface area (Å²) in [5.74, 6) is -2.74. The Morgan fingerprint density at radius 3 is 2.40 bits per heavy atom. The normalized spacial score (nSPS) is 20.0. The van der Waals surface area contributed by atoms with Crippen molar-refractivity contribution in [2.24, 2.45) is 5.92 Å². The molecule has 1 aromatic carbocycles. The molecule has 0 unspecified atom stereocenters. The second-order valence-corrected chi connectivity index (χ2v) is 7.13. The molecule has 1 N–H and O–H groups in total. The van der Waals surface area contributed by atoms with E-state index in [1.807, 2.05) is 0 Å². The Labute approximate surface area is 177 Å². The number of nitro benzene ring substituents is 1. The second kappa shape index (κ2) is 9.57. The number of carboxylic acids is 1. The molecule has 1 aliphatic heterocycles. The number of amides is 1. The average Bonchev–Trinajstić information content (AvgIpc) is 2.69. The number of likely N-dealkylation sites (tertiary alicyclic amines) is 1. The molecule has 1 saturated heterocycles. The van der Waals surface area contributed by atoms with Gasteiger partial charge in [0, 0.05) is 12.1 Å². The van der Waals surface area contributed by atoms with E-state index in [1.165, 1.54) is 31.2 Å². The number of rotatable bonds is 8. The molecule has 1 aliphatic rings. The van der Waals surface area contributed by atoms with Crippen molar-refractivity contribution in [3.8, 4) is 0 Å². The molecule has 3 atom stereocenters.